The Morgan fingerprint density at radius 1 is 1.50 bits per heavy atom. The predicted octanol–water partition coefficient (Wildman–Crippen LogP) is 1.64. The predicted molar refractivity (Wildman–Crippen MR) is 51.8 cm³/mol. The van der Waals surface area contributed by atoms with E-state index < -0.39 is 0 Å². The van der Waals surface area contributed by atoms with E-state index in [0.717, 1.165) is 26.1 Å². The van der Waals surface area contributed by atoms with Crippen LogP contribution in [0.25, 0.3) is 0 Å². The number of nitrogens with zero attached hydrogens (tertiary/aromatic N) is 2. The lowest BCUT2D eigenvalue weighted by Gasteiger charge is -1.96. The van der Waals surface area contributed by atoms with E-state index in [1.807, 2.05) is 29.5 Å². The van der Waals surface area contributed by atoms with Crippen molar-refractivity contribution in [3.8, 4) is 0 Å². The first-order chi connectivity index (χ1) is 5.83. The molecule has 1 rings (SSSR count). The van der Waals surface area contributed by atoms with Crippen LogP contribution in [0.1, 0.15) is 19.2 Å². The zero-order valence-electron chi connectivity index (χ0n) is 6.92. The van der Waals surface area contributed by atoms with Crippen LogP contribution in [0.5, 0.6) is 0 Å². The second kappa shape index (κ2) is 5.47. The van der Waals surface area contributed by atoms with Crippen LogP contribution >= 0.6 is 22.6 Å². The Hall–Kier alpha value is -0.170. The Morgan fingerprint density at radius 3 is 2.92 bits per heavy atom. The number of ether oxygens (including phenoxy) is 1. The van der Waals surface area contributed by atoms with Crippen molar-refractivity contribution in [1.29, 1.82) is 0 Å². The van der Waals surface area contributed by atoms with E-state index >= 15 is 0 Å². The molecule has 1 heterocycles. The van der Waals surface area contributed by atoms with Gasteiger partial charge in [0.1, 0.15) is 0 Å². The summed E-state index contributed by atoms with van der Waals surface area (Å²) in [5, 5.41) is 7.58. The van der Waals surface area contributed by atoms with Crippen LogP contribution in [0.3, 0.4) is 0 Å². The van der Waals surface area contributed by atoms with E-state index in [0.29, 0.717) is 9.79 Å². The maximum atomic E-state index is 5.17. The molecule has 12 heavy (non-hydrogen) atoms. The van der Waals surface area contributed by atoms with Crippen LogP contribution in [-0.4, -0.2) is 23.4 Å². The summed E-state index contributed by atoms with van der Waals surface area (Å²) in [5.41, 5.74) is 0. The second-order valence-corrected chi connectivity index (χ2v) is 3.17. The molecule has 0 aliphatic heterocycles. The molecule has 0 aliphatic carbocycles. The molecular formula is C7H11IN2O2. The number of rotatable bonds is 5. The smallest absolute Gasteiger partial charge is 0.278 e. The van der Waals surface area contributed by atoms with Gasteiger partial charge in [0, 0.05) is 42.2 Å². The van der Waals surface area contributed by atoms with E-state index in [2.05, 4.69) is 10.2 Å². The molecule has 0 aliphatic rings. The molecule has 0 saturated heterocycles. The van der Waals surface area contributed by atoms with Crippen LogP contribution in [-0.2, 0) is 11.2 Å². The fourth-order valence-electron chi connectivity index (χ4n) is 0.804. The first-order valence-electron chi connectivity index (χ1n) is 3.88. The molecule has 4 nitrogen and oxygen atoms in total. The average Bonchev–Trinajstić information content (AvgIpc) is 2.45. The molecule has 0 unspecified atom stereocenters. The van der Waals surface area contributed by atoms with Gasteiger partial charge in [0.2, 0.25) is 5.89 Å². The third-order valence-electron chi connectivity index (χ3n) is 1.33. The molecule has 0 atom stereocenters. The molecule has 0 bridgehead atoms. The molecule has 5 heteroatoms. The normalized spacial score (nSPS) is 10.5. The van der Waals surface area contributed by atoms with Gasteiger partial charge < -0.3 is 9.15 Å². The van der Waals surface area contributed by atoms with Gasteiger partial charge in [-0.05, 0) is 13.3 Å². The SMILES string of the molecule is CCOCCCc1nnc(I)o1. The lowest BCUT2D eigenvalue weighted by molar-refractivity contribution is 0.143. The standard InChI is InChI=1S/C7H11IN2O2/c1-2-11-5-3-4-6-9-10-7(8)12-6/h2-5H2,1H3. The minimum Gasteiger partial charge on any atom is -0.416 e. The number of hydrogen-bond acceptors (Lipinski definition) is 4. The molecule has 0 aromatic carbocycles. The number of halogens is 1. The van der Waals surface area contributed by atoms with E-state index in [9.17, 15) is 0 Å². The molecule has 0 spiro atoms. The van der Waals surface area contributed by atoms with Crippen molar-refractivity contribution < 1.29 is 9.15 Å². The number of hydrogen-bond donors (Lipinski definition) is 0. The van der Waals surface area contributed by atoms with Gasteiger partial charge in [-0.3, -0.25) is 0 Å². The minimum atomic E-state index is 0.596. The largest absolute Gasteiger partial charge is 0.416 e. The molecule has 0 saturated carbocycles. The number of aryl methyl sites for hydroxylation is 1. The van der Waals surface area contributed by atoms with Crippen LogP contribution in [0.2, 0.25) is 0 Å². The van der Waals surface area contributed by atoms with Crippen LogP contribution in [0.4, 0.5) is 0 Å². The third-order valence-corrected chi connectivity index (χ3v) is 1.76. The minimum absolute atomic E-state index is 0.596. The number of aromatic nitrogens is 2. The molecule has 0 amide bonds. The van der Waals surface area contributed by atoms with Crippen molar-refractivity contribution in [3.05, 3.63) is 9.79 Å². The fraction of sp³-hybridized carbons (Fsp3) is 0.714. The summed E-state index contributed by atoms with van der Waals surface area (Å²) in [7, 11) is 0. The van der Waals surface area contributed by atoms with E-state index in [1.165, 1.54) is 0 Å². The highest BCUT2D eigenvalue weighted by Crippen LogP contribution is 2.04. The van der Waals surface area contributed by atoms with Crippen LogP contribution in [0.15, 0.2) is 4.42 Å². The quantitative estimate of drug-likeness (QED) is 0.608. The summed E-state index contributed by atoms with van der Waals surface area (Å²) in [6.45, 7) is 3.51. The summed E-state index contributed by atoms with van der Waals surface area (Å²) in [6.07, 6.45) is 1.74. The van der Waals surface area contributed by atoms with Gasteiger partial charge in [-0.15, -0.1) is 10.2 Å². The highest BCUT2D eigenvalue weighted by Gasteiger charge is 2.01. The van der Waals surface area contributed by atoms with Gasteiger partial charge in [-0.2, -0.15) is 0 Å². The average molecular weight is 282 g/mol. The summed E-state index contributed by atoms with van der Waals surface area (Å²) < 4.78 is 10.9. The maximum Gasteiger partial charge on any atom is 0.278 e. The Kier molecular flexibility index (Phi) is 4.52. The van der Waals surface area contributed by atoms with Crippen molar-refractivity contribution in [2.24, 2.45) is 0 Å². The monoisotopic (exact) mass is 282 g/mol. The molecule has 0 fully saturated rings. The summed E-state index contributed by atoms with van der Waals surface area (Å²) in [6, 6.07) is 0. The summed E-state index contributed by atoms with van der Waals surface area (Å²) in [4.78, 5) is 0. The van der Waals surface area contributed by atoms with Gasteiger partial charge in [-0.25, -0.2) is 0 Å². The third kappa shape index (κ3) is 3.48. The van der Waals surface area contributed by atoms with Crippen LogP contribution in [0, 0.1) is 3.90 Å². The molecule has 0 N–H and O–H groups in total. The fourth-order valence-corrected chi connectivity index (χ4v) is 1.17. The van der Waals surface area contributed by atoms with E-state index in [-0.39, 0.29) is 0 Å². The van der Waals surface area contributed by atoms with Gasteiger partial charge in [0.25, 0.3) is 3.90 Å². The van der Waals surface area contributed by atoms with Crippen molar-refractivity contribution in [2.45, 2.75) is 19.8 Å². The van der Waals surface area contributed by atoms with E-state index in [4.69, 9.17) is 9.15 Å². The summed E-state index contributed by atoms with van der Waals surface area (Å²) >= 11 is 2.00. The second-order valence-electron chi connectivity index (χ2n) is 2.25. The first-order valence-corrected chi connectivity index (χ1v) is 4.96. The highest BCUT2D eigenvalue weighted by atomic mass is 127. The Labute approximate surface area is 84.8 Å². The van der Waals surface area contributed by atoms with Crippen molar-refractivity contribution in [1.82, 2.24) is 10.2 Å². The summed E-state index contributed by atoms with van der Waals surface area (Å²) in [5.74, 6) is 0.694. The van der Waals surface area contributed by atoms with Crippen molar-refractivity contribution >= 4 is 22.6 Å². The molecule has 1 aromatic heterocycles. The van der Waals surface area contributed by atoms with Gasteiger partial charge in [0.05, 0.1) is 0 Å². The Balaban J connectivity index is 2.15. The maximum absolute atomic E-state index is 5.17. The lowest BCUT2D eigenvalue weighted by Crippen LogP contribution is -1.95. The van der Waals surface area contributed by atoms with Gasteiger partial charge in [-0.1, -0.05) is 0 Å². The first kappa shape index (κ1) is 9.91. The zero-order chi connectivity index (χ0) is 8.81. The Bertz CT molecular complexity index is 227. The molecular weight excluding hydrogens is 271 g/mol. The Morgan fingerprint density at radius 2 is 2.33 bits per heavy atom. The van der Waals surface area contributed by atoms with E-state index in [1.54, 1.807) is 0 Å². The molecule has 68 valence electrons. The highest BCUT2D eigenvalue weighted by molar-refractivity contribution is 14.1. The lowest BCUT2D eigenvalue weighted by atomic mass is 10.3. The molecule has 1 aromatic rings. The zero-order valence-corrected chi connectivity index (χ0v) is 9.07. The van der Waals surface area contributed by atoms with Gasteiger partial charge >= 0.3 is 0 Å². The molecule has 0 radical (unpaired) electrons. The van der Waals surface area contributed by atoms with Gasteiger partial charge in [0.15, 0.2) is 0 Å². The van der Waals surface area contributed by atoms with Crippen molar-refractivity contribution in [3.63, 3.8) is 0 Å². The van der Waals surface area contributed by atoms with Crippen molar-refractivity contribution in [2.75, 3.05) is 13.2 Å². The van der Waals surface area contributed by atoms with Crippen LogP contribution < -0.4 is 0 Å². The topological polar surface area (TPSA) is 48.2 Å².